The zero-order chi connectivity index (χ0) is 18.8. The molecule has 1 aliphatic rings. The summed E-state index contributed by atoms with van der Waals surface area (Å²) in [5.41, 5.74) is 0.610. The fourth-order valence-electron chi connectivity index (χ4n) is 3.34. The van der Waals surface area contributed by atoms with Crippen molar-refractivity contribution in [1.82, 2.24) is 4.90 Å². The molecule has 1 saturated heterocycles. The maximum atomic E-state index is 14.1. The average molecular weight is 362 g/mol. The van der Waals surface area contributed by atoms with E-state index in [4.69, 9.17) is 4.74 Å². The Kier molecular flexibility index (Phi) is 5.20. The van der Waals surface area contributed by atoms with Gasteiger partial charge in [0.1, 0.15) is 12.0 Å². The second kappa shape index (κ2) is 7.39. The number of halogens is 2. The third kappa shape index (κ3) is 3.40. The Bertz CT molecular complexity index is 815. The topological polar surface area (TPSA) is 61.8 Å². The zero-order valence-corrected chi connectivity index (χ0v) is 14.4. The van der Waals surface area contributed by atoms with Gasteiger partial charge in [0.2, 0.25) is 5.91 Å². The Labute approximate surface area is 150 Å². The molecule has 3 rings (SSSR count). The molecule has 26 heavy (non-hydrogen) atoms. The highest BCUT2D eigenvalue weighted by atomic mass is 19.1. The number of amides is 1. The summed E-state index contributed by atoms with van der Waals surface area (Å²) in [5.74, 6) is -2.83. The molecule has 3 atom stereocenters. The number of para-hydroxylation sites is 1. The number of anilines is 1. The van der Waals surface area contributed by atoms with Crippen molar-refractivity contribution < 1.29 is 23.4 Å². The quantitative estimate of drug-likeness (QED) is 0.878. The van der Waals surface area contributed by atoms with Gasteiger partial charge >= 0.3 is 0 Å². The molecule has 1 unspecified atom stereocenters. The van der Waals surface area contributed by atoms with Crippen LogP contribution in [0.4, 0.5) is 14.5 Å². The molecule has 1 aliphatic heterocycles. The van der Waals surface area contributed by atoms with E-state index in [9.17, 15) is 18.7 Å². The lowest BCUT2D eigenvalue weighted by atomic mass is 9.87. The Morgan fingerprint density at radius 1 is 1.23 bits per heavy atom. The van der Waals surface area contributed by atoms with Gasteiger partial charge in [-0.15, -0.1) is 0 Å². The molecule has 138 valence electrons. The van der Waals surface area contributed by atoms with Gasteiger partial charge in [0.25, 0.3) is 0 Å². The first kappa shape index (κ1) is 18.3. The molecule has 0 aliphatic carbocycles. The van der Waals surface area contributed by atoms with Crippen LogP contribution >= 0.6 is 0 Å². The minimum atomic E-state index is -1.06. The number of nitrogens with zero attached hydrogens (tertiary/aromatic N) is 1. The zero-order valence-electron chi connectivity index (χ0n) is 14.4. The van der Waals surface area contributed by atoms with Gasteiger partial charge in [-0.2, -0.15) is 0 Å². The molecule has 1 amide bonds. The monoisotopic (exact) mass is 362 g/mol. The van der Waals surface area contributed by atoms with Crippen LogP contribution in [-0.4, -0.2) is 42.8 Å². The molecule has 1 fully saturated rings. The lowest BCUT2D eigenvalue weighted by molar-refractivity contribution is -0.124. The molecule has 1 heterocycles. The van der Waals surface area contributed by atoms with Crippen molar-refractivity contribution >= 4 is 11.6 Å². The van der Waals surface area contributed by atoms with E-state index in [0.29, 0.717) is 12.1 Å². The van der Waals surface area contributed by atoms with E-state index < -0.39 is 35.6 Å². The third-order valence-corrected chi connectivity index (χ3v) is 4.73. The molecule has 0 bridgehead atoms. The number of hydrogen-bond acceptors (Lipinski definition) is 4. The van der Waals surface area contributed by atoms with Crippen molar-refractivity contribution in [2.75, 3.05) is 26.0 Å². The molecular formula is C19H20F2N2O3. The van der Waals surface area contributed by atoms with Crippen LogP contribution in [0.25, 0.3) is 0 Å². The van der Waals surface area contributed by atoms with Crippen LogP contribution in [0.3, 0.4) is 0 Å². The first-order valence-corrected chi connectivity index (χ1v) is 8.19. The number of aliphatic hydroxyl groups excluding tert-OH is 1. The first-order valence-electron chi connectivity index (χ1n) is 8.19. The predicted octanol–water partition coefficient (Wildman–Crippen LogP) is 2.58. The molecule has 5 nitrogen and oxygen atoms in total. The number of nitrogens with one attached hydrogen (secondary N) is 1. The number of ether oxygens (including phenoxy) is 1. The van der Waals surface area contributed by atoms with Gasteiger partial charge in [-0.1, -0.05) is 18.2 Å². The summed E-state index contributed by atoms with van der Waals surface area (Å²) in [6.07, 6.45) is -1.06. The first-order chi connectivity index (χ1) is 12.4. The Hall–Kier alpha value is -2.51. The van der Waals surface area contributed by atoms with Crippen molar-refractivity contribution in [2.24, 2.45) is 5.92 Å². The number of aliphatic hydroxyl groups is 1. The van der Waals surface area contributed by atoms with Crippen LogP contribution in [0.5, 0.6) is 5.75 Å². The highest BCUT2D eigenvalue weighted by Gasteiger charge is 2.44. The van der Waals surface area contributed by atoms with E-state index in [1.54, 1.807) is 24.1 Å². The highest BCUT2D eigenvalue weighted by Crippen LogP contribution is 2.37. The second-order valence-corrected chi connectivity index (χ2v) is 6.35. The number of methoxy groups -OCH3 is 1. The van der Waals surface area contributed by atoms with Crippen LogP contribution in [0, 0.1) is 17.6 Å². The standard InChI is InChI=1S/C19H20F2N2O3/c1-23-10-12(11-7-8-16(26-2)14(21)9-11)17(19(23)25)18(24)22-15-6-4-3-5-13(15)20/h3-9,12,17,19,25H,10H2,1-2H3,(H,22,24)/t12-,17+,19?/m1/s1. The van der Waals surface area contributed by atoms with E-state index in [-0.39, 0.29) is 11.4 Å². The molecule has 0 aromatic heterocycles. The lowest BCUT2D eigenvalue weighted by Crippen LogP contribution is -2.36. The fraction of sp³-hybridized carbons (Fsp3) is 0.316. The molecular weight excluding hydrogens is 342 g/mol. The van der Waals surface area contributed by atoms with Gasteiger partial charge in [0, 0.05) is 12.5 Å². The minimum Gasteiger partial charge on any atom is -0.494 e. The van der Waals surface area contributed by atoms with Crippen LogP contribution in [0.2, 0.25) is 0 Å². The smallest absolute Gasteiger partial charge is 0.232 e. The number of likely N-dealkylation sites (N-methyl/N-ethyl adjacent to an activating group) is 1. The summed E-state index contributed by atoms with van der Waals surface area (Å²) >= 11 is 0. The van der Waals surface area contributed by atoms with Crippen molar-refractivity contribution in [2.45, 2.75) is 12.1 Å². The van der Waals surface area contributed by atoms with Gasteiger partial charge < -0.3 is 15.2 Å². The minimum absolute atomic E-state index is 0.0407. The van der Waals surface area contributed by atoms with E-state index >= 15 is 0 Å². The number of rotatable bonds is 4. The van der Waals surface area contributed by atoms with E-state index in [0.717, 1.165) is 0 Å². The molecule has 2 aromatic carbocycles. The summed E-state index contributed by atoms with van der Waals surface area (Å²) in [5, 5.41) is 13.0. The third-order valence-electron chi connectivity index (χ3n) is 4.73. The average Bonchev–Trinajstić information content (AvgIpc) is 2.92. The van der Waals surface area contributed by atoms with Gasteiger partial charge in [0.15, 0.2) is 11.6 Å². The fourth-order valence-corrected chi connectivity index (χ4v) is 3.34. The maximum Gasteiger partial charge on any atom is 0.232 e. The van der Waals surface area contributed by atoms with Crippen LogP contribution < -0.4 is 10.1 Å². The van der Waals surface area contributed by atoms with Crippen molar-refractivity contribution in [3.05, 3.63) is 59.7 Å². The van der Waals surface area contributed by atoms with Crippen LogP contribution in [-0.2, 0) is 4.79 Å². The Balaban J connectivity index is 1.88. The Morgan fingerprint density at radius 3 is 2.62 bits per heavy atom. The summed E-state index contributed by atoms with van der Waals surface area (Å²) in [6.45, 7) is 0.363. The van der Waals surface area contributed by atoms with Crippen molar-refractivity contribution in [1.29, 1.82) is 0 Å². The van der Waals surface area contributed by atoms with E-state index in [2.05, 4.69) is 5.32 Å². The molecule has 2 N–H and O–H groups in total. The van der Waals surface area contributed by atoms with Crippen LogP contribution in [0.15, 0.2) is 42.5 Å². The predicted molar refractivity (Wildman–Crippen MR) is 92.8 cm³/mol. The van der Waals surface area contributed by atoms with Gasteiger partial charge in [0.05, 0.1) is 18.7 Å². The van der Waals surface area contributed by atoms with Crippen molar-refractivity contribution in [3.63, 3.8) is 0 Å². The molecule has 0 radical (unpaired) electrons. The van der Waals surface area contributed by atoms with E-state index in [1.165, 1.54) is 37.4 Å². The highest BCUT2D eigenvalue weighted by molar-refractivity contribution is 5.94. The number of benzene rings is 2. The maximum absolute atomic E-state index is 14.1. The van der Waals surface area contributed by atoms with Gasteiger partial charge in [-0.3, -0.25) is 9.69 Å². The van der Waals surface area contributed by atoms with E-state index in [1.807, 2.05) is 0 Å². The molecule has 0 spiro atoms. The van der Waals surface area contributed by atoms with Gasteiger partial charge in [-0.05, 0) is 36.9 Å². The number of hydrogen-bond donors (Lipinski definition) is 2. The van der Waals surface area contributed by atoms with Crippen LogP contribution in [0.1, 0.15) is 11.5 Å². The normalized spacial score (nSPS) is 23.0. The largest absolute Gasteiger partial charge is 0.494 e. The molecule has 7 heteroatoms. The summed E-state index contributed by atoms with van der Waals surface area (Å²) in [6, 6.07) is 10.3. The van der Waals surface area contributed by atoms with Gasteiger partial charge in [-0.25, -0.2) is 8.78 Å². The van der Waals surface area contributed by atoms with Crippen molar-refractivity contribution in [3.8, 4) is 5.75 Å². The summed E-state index contributed by atoms with van der Waals surface area (Å²) < 4.78 is 32.8. The number of carbonyl (C=O) groups excluding carboxylic acids is 1. The molecule has 2 aromatic rings. The SMILES string of the molecule is COc1ccc([C@H]2CN(C)C(O)[C@@H]2C(=O)Nc2ccccc2F)cc1F. The summed E-state index contributed by atoms with van der Waals surface area (Å²) in [4.78, 5) is 14.3. The number of likely N-dealkylation sites (tertiary alicyclic amines) is 1. The Morgan fingerprint density at radius 2 is 1.96 bits per heavy atom. The number of carbonyl (C=O) groups is 1. The molecule has 0 saturated carbocycles. The lowest BCUT2D eigenvalue weighted by Gasteiger charge is -2.22. The second-order valence-electron chi connectivity index (χ2n) is 6.35. The summed E-state index contributed by atoms with van der Waals surface area (Å²) in [7, 11) is 3.05.